The summed E-state index contributed by atoms with van der Waals surface area (Å²) in [6, 6.07) is 10.6. The van der Waals surface area contributed by atoms with E-state index in [0.29, 0.717) is 12.3 Å². The van der Waals surface area contributed by atoms with Gasteiger partial charge in [0.15, 0.2) is 0 Å². The maximum atomic E-state index is 13.0. The van der Waals surface area contributed by atoms with Gasteiger partial charge in [0.05, 0.1) is 12.8 Å². The Morgan fingerprint density at radius 3 is 2.74 bits per heavy atom. The number of amides is 1. The Balaban J connectivity index is 1.30. The number of aromatic nitrogens is 1. The van der Waals surface area contributed by atoms with E-state index < -0.39 is 0 Å². The molecule has 1 amide bonds. The van der Waals surface area contributed by atoms with Crippen molar-refractivity contribution in [3.05, 3.63) is 58.9 Å². The Kier molecular flexibility index (Phi) is 7.23. The van der Waals surface area contributed by atoms with Gasteiger partial charge in [-0.05, 0) is 73.4 Å². The molecule has 1 fully saturated rings. The summed E-state index contributed by atoms with van der Waals surface area (Å²) in [5, 5.41) is 3.61. The van der Waals surface area contributed by atoms with Crippen molar-refractivity contribution < 1.29 is 9.53 Å². The Bertz CT molecular complexity index is 877. The summed E-state index contributed by atoms with van der Waals surface area (Å²) in [7, 11) is 1.90. The molecule has 2 aliphatic rings. The Labute approximate surface area is 186 Å². The van der Waals surface area contributed by atoms with Crippen LogP contribution in [-0.2, 0) is 19.4 Å². The molecular weight excluding hydrogens is 386 g/mol. The molecule has 0 bridgehead atoms. The van der Waals surface area contributed by atoms with E-state index in [1.165, 1.54) is 36.0 Å². The maximum Gasteiger partial charge on any atom is 0.272 e. The molecule has 5 heteroatoms. The highest BCUT2D eigenvalue weighted by atomic mass is 16.5. The van der Waals surface area contributed by atoms with Crippen molar-refractivity contribution in [2.45, 2.75) is 64.5 Å². The second-order valence-corrected chi connectivity index (χ2v) is 9.09. The third-order valence-corrected chi connectivity index (χ3v) is 6.76. The average molecular weight is 422 g/mol. The molecule has 2 aliphatic carbocycles. The van der Waals surface area contributed by atoms with Crippen molar-refractivity contribution in [1.82, 2.24) is 15.2 Å². The zero-order valence-electron chi connectivity index (χ0n) is 18.9. The lowest BCUT2D eigenvalue weighted by atomic mass is 9.85. The van der Waals surface area contributed by atoms with Crippen LogP contribution in [0.3, 0.4) is 0 Å². The lowest BCUT2D eigenvalue weighted by molar-refractivity contribution is 0.0731. The number of benzene rings is 1. The van der Waals surface area contributed by atoms with Gasteiger partial charge in [-0.1, -0.05) is 38.0 Å². The quantitative estimate of drug-likeness (QED) is 0.578. The van der Waals surface area contributed by atoms with E-state index in [1.807, 2.05) is 18.0 Å². The maximum absolute atomic E-state index is 13.0. The summed E-state index contributed by atoms with van der Waals surface area (Å²) in [5.74, 6) is 1.57. The predicted octanol–water partition coefficient (Wildman–Crippen LogP) is 4.39. The number of carbonyl (C=O) groups excluding carboxylic acids is 1. The number of carbonyl (C=O) groups is 1. The van der Waals surface area contributed by atoms with Crippen LogP contribution in [0.15, 0.2) is 36.5 Å². The number of rotatable bonds is 10. The minimum absolute atomic E-state index is 0.0275. The molecule has 5 nitrogen and oxygen atoms in total. The standard InChI is InChI=1S/C26H35N3O2/c1-3-4-12-31-24-10-11-25(28-18-24)26(30)29(2)23-14-21-9-8-20(13-22(21)15-23)17-27-16-19-6-5-7-19/h8-11,13,18-19,23,27H,3-7,12,14-17H2,1-2H3. The van der Waals surface area contributed by atoms with Gasteiger partial charge in [0, 0.05) is 19.6 Å². The van der Waals surface area contributed by atoms with Crippen LogP contribution in [0.4, 0.5) is 0 Å². The fourth-order valence-corrected chi connectivity index (χ4v) is 4.42. The summed E-state index contributed by atoms with van der Waals surface area (Å²) < 4.78 is 5.65. The lowest BCUT2D eigenvalue weighted by Gasteiger charge is -2.25. The largest absolute Gasteiger partial charge is 0.492 e. The van der Waals surface area contributed by atoms with E-state index in [9.17, 15) is 4.79 Å². The van der Waals surface area contributed by atoms with Crippen molar-refractivity contribution in [2.24, 2.45) is 5.92 Å². The predicted molar refractivity (Wildman–Crippen MR) is 123 cm³/mol. The van der Waals surface area contributed by atoms with Crippen LogP contribution in [0.1, 0.15) is 66.2 Å². The number of likely N-dealkylation sites (N-methyl/N-ethyl adjacent to an activating group) is 1. The van der Waals surface area contributed by atoms with E-state index in [-0.39, 0.29) is 11.9 Å². The molecule has 1 N–H and O–H groups in total. The van der Waals surface area contributed by atoms with Gasteiger partial charge in [-0.25, -0.2) is 4.98 Å². The lowest BCUT2D eigenvalue weighted by Crippen LogP contribution is -2.38. The first kappa shape index (κ1) is 21.8. The van der Waals surface area contributed by atoms with Crippen LogP contribution < -0.4 is 10.1 Å². The fraction of sp³-hybridized carbons (Fsp3) is 0.538. The van der Waals surface area contributed by atoms with Gasteiger partial charge in [-0.2, -0.15) is 0 Å². The molecule has 0 radical (unpaired) electrons. The number of ether oxygens (including phenoxy) is 1. The van der Waals surface area contributed by atoms with Gasteiger partial charge in [-0.15, -0.1) is 0 Å². The number of pyridine rings is 1. The molecule has 0 aliphatic heterocycles. The monoisotopic (exact) mass is 421 g/mol. The second-order valence-electron chi connectivity index (χ2n) is 9.09. The van der Waals surface area contributed by atoms with Crippen molar-refractivity contribution in [2.75, 3.05) is 20.2 Å². The molecule has 1 unspecified atom stereocenters. The van der Waals surface area contributed by atoms with Crippen LogP contribution in [0.2, 0.25) is 0 Å². The number of nitrogens with one attached hydrogen (secondary N) is 1. The van der Waals surface area contributed by atoms with E-state index in [0.717, 1.165) is 50.4 Å². The second kappa shape index (κ2) is 10.3. The topological polar surface area (TPSA) is 54.5 Å². The van der Waals surface area contributed by atoms with Gasteiger partial charge in [0.2, 0.25) is 0 Å². The van der Waals surface area contributed by atoms with Gasteiger partial charge >= 0.3 is 0 Å². The van der Waals surface area contributed by atoms with Crippen LogP contribution >= 0.6 is 0 Å². The molecule has 2 aromatic rings. The van der Waals surface area contributed by atoms with Crippen molar-refractivity contribution in [3.63, 3.8) is 0 Å². The molecule has 1 heterocycles. The molecule has 1 aromatic carbocycles. The molecule has 31 heavy (non-hydrogen) atoms. The van der Waals surface area contributed by atoms with E-state index in [4.69, 9.17) is 4.74 Å². The zero-order chi connectivity index (χ0) is 21.6. The molecule has 0 spiro atoms. The highest BCUT2D eigenvalue weighted by Gasteiger charge is 2.28. The van der Waals surface area contributed by atoms with Crippen molar-refractivity contribution >= 4 is 5.91 Å². The highest BCUT2D eigenvalue weighted by molar-refractivity contribution is 5.92. The first-order valence-corrected chi connectivity index (χ1v) is 11.8. The van der Waals surface area contributed by atoms with Crippen LogP contribution in [0.5, 0.6) is 5.75 Å². The zero-order valence-corrected chi connectivity index (χ0v) is 18.9. The average Bonchev–Trinajstić information content (AvgIpc) is 3.18. The van der Waals surface area contributed by atoms with E-state index >= 15 is 0 Å². The Morgan fingerprint density at radius 2 is 2.03 bits per heavy atom. The van der Waals surface area contributed by atoms with Crippen LogP contribution in [0, 0.1) is 5.92 Å². The minimum atomic E-state index is -0.0275. The van der Waals surface area contributed by atoms with Crippen LogP contribution in [-0.4, -0.2) is 42.0 Å². The smallest absolute Gasteiger partial charge is 0.272 e. The Hall–Kier alpha value is -2.40. The molecule has 1 saturated carbocycles. The van der Waals surface area contributed by atoms with Crippen molar-refractivity contribution in [3.8, 4) is 5.75 Å². The number of hydrogen-bond donors (Lipinski definition) is 1. The summed E-state index contributed by atoms with van der Waals surface area (Å²) in [4.78, 5) is 19.2. The van der Waals surface area contributed by atoms with Gasteiger partial charge in [-0.3, -0.25) is 4.79 Å². The van der Waals surface area contributed by atoms with Gasteiger partial charge < -0.3 is 15.0 Å². The SMILES string of the molecule is CCCCOc1ccc(C(=O)N(C)C2Cc3ccc(CNCC4CCC4)cc3C2)nc1. The highest BCUT2D eigenvalue weighted by Crippen LogP contribution is 2.28. The first-order chi connectivity index (χ1) is 15.1. The van der Waals surface area contributed by atoms with Gasteiger partial charge in [0.1, 0.15) is 11.4 Å². The summed E-state index contributed by atoms with van der Waals surface area (Å²) in [6.07, 6.45) is 9.73. The first-order valence-electron chi connectivity index (χ1n) is 11.8. The van der Waals surface area contributed by atoms with Crippen molar-refractivity contribution in [1.29, 1.82) is 0 Å². The molecule has 1 atom stereocenters. The van der Waals surface area contributed by atoms with Gasteiger partial charge in [0.25, 0.3) is 5.91 Å². The molecule has 166 valence electrons. The summed E-state index contributed by atoms with van der Waals surface area (Å²) >= 11 is 0. The normalized spacial score (nSPS) is 17.8. The Morgan fingerprint density at radius 1 is 1.19 bits per heavy atom. The summed E-state index contributed by atoms with van der Waals surface area (Å²) in [6.45, 7) is 4.88. The third-order valence-electron chi connectivity index (χ3n) is 6.76. The molecule has 0 saturated heterocycles. The third kappa shape index (κ3) is 5.45. The van der Waals surface area contributed by atoms with E-state index in [2.05, 4.69) is 35.4 Å². The number of nitrogens with zero attached hydrogens (tertiary/aromatic N) is 2. The molecule has 4 rings (SSSR count). The van der Waals surface area contributed by atoms with Crippen LogP contribution in [0.25, 0.3) is 0 Å². The number of hydrogen-bond acceptors (Lipinski definition) is 4. The number of fused-ring (bicyclic) bond motifs is 1. The number of unbranched alkanes of at least 4 members (excludes halogenated alkanes) is 1. The minimum Gasteiger partial charge on any atom is -0.492 e. The molecule has 1 aromatic heterocycles. The fourth-order valence-electron chi connectivity index (χ4n) is 4.42. The summed E-state index contributed by atoms with van der Waals surface area (Å²) in [5.41, 5.74) is 4.55. The molecular formula is C26H35N3O2. The van der Waals surface area contributed by atoms with E-state index in [1.54, 1.807) is 12.3 Å².